The van der Waals surface area contributed by atoms with Crippen LogP contribution >= 0.6 is 0 Å². The molecule has 0 unspecified atom stereocenters. The third-order valence-corrected chi connectivity index (χ3v) is 3.44. The average molecular weight is 369 g/mol. The van der Waals surface area contributed by atoms with Gasteiger partial charge in [-0.05, 0) is 55.3 Å². The minimum absolute atomic E-state index is 0.335. The molecule has 0 aliphatic rings. The smallest absolute Gasteiger partial charge is 0.323 e. The van der Waals surface area contributed by atoms with Gasteiger partial charge >= 0.3 is 6.03 Å². The van der Waals surface area contributed by atoms with Crippen molar-refractivity contribution < 1.29 is 9.53 Å². The molecule has 0 radical (unpaired) electrons. The number of carbonyl (C=O) groups is 1. The molecule has 2 aromatic carbocycles. The van der Waals surface area contributed by atoms with Crippen LogP contribution in [0.1, 0.15) is 20.8 Å². The summed E-state index contributed by atoms with van der Waals surface area (Å²) in [5, 5.41) is 8.59. The maximum atomic E-state index is 12.2. The molecule has 5 N–H and O–H groups in total. The number of hydrogen-bond donors (Lipinski definition) is 4. The number of benzene rings is 2. The normalized spacial score (nSPS) is 11.2. The van der Waals surface area contributed by atoms with E-state index in [2.05, 4.69) is 34.8 Å². The molecule has 7 heteroatoms. The van der Waals surface area contributed by atoms with Crippen molar-refractivity contribution >= 4 is 29.1 Å². The van der Waals surface area contributed by atoms with Crippen molar-refractivity contribution in [3.05, 3.63) is 48.5 Å². The quantitative estimate of drug-likeness (QED) is 0.436. The summed E-state index contributed by atoms with van der Waals surface area (Å²) in [6, 6.07) is 14.1. The van der Waals surface area contributed by atoms with Crippen LogP contribution < -0.4 is 26.4 Å². The largest absolute Gasteiger partial charge is 0.494 e. The Labute approximate surface area is 160 Å². The van der Waals surface area contributed by atoms with Gasteiger partial charge in [0.25, 0.3) is 0 Å². The number of rotatable bonds is 7. The minimum atomic E-state index is -0.335. The Morgan fingerprint density at radius 2 is 1.67 bits per heavy atom. The number of hydrogen-bond acceptors (Lipinski definition) is 3. The van der Waals surface area contributed by atoms with E-state index < -0.39 is 0 Å². The molecule has 0 spiro atoms. The van der Waals surface area contributed by atoms with Crippen molar-refractivity contribution in [2.24, 2.45) is 16.6 Å². The molecule has 0 bridgehead atoms. The first-order valence-corrected chi connectivity index (χ1v) is 8.94. The molecule has 2 aromatic rings. The second-order valence-corrected chi connectivity index (χ2v) is 6.36. The average Bonchev–Trinajstić information content (AvgIpc) is 2.62. The number of anilines is 3. The standard InChI is InChI=1S/C20H27N5O2/c1-4-27-18-10-8-15(9-11-18)24-20(26)25-17-7-5-6-16(12-17)23-19(21)22-13-14(2)3/h5-12,14H,4,13H2,1-3H3,(H3,21,22,23)(H2,24,25,26). The number of nitrogens with zero attached hydrogens (tertiary/aromatic N) is 1. The molecular formula is C20H27N5O2. The number of amides is 2. The lowest BCUT2D eigenvalue weighted by Crippen LogP contribution is -2.23. The van der Waals surface area contributed by atoms with Crippen molar-refractivity contribution in [1.29, 1.82) is 0 Å². The summed E-state index contributed by atoms with van der Waals surface area (Å²) in [6.07, 6.45) is 0. The molecule has 0 saturated heterocycles. The number of nitrogens with two attached hydrogens (primary N) is 1. The third kappa shape index (κ3) is 7.27. The Morgan fingerprint density at radius 1 is 1.04 bits per heavy atom. The fraction of sp³-hybridized carbons (Fsp3) is 0.300. The van der Waals surface area contributed by atoms with E-state index in [-0.39, 0.29) is 6.03 Å². The van der Waals surface area contributed by atoms with E-state index in [1.807, 2.05) is 31.2 Å². The van der Waals surface area contributed by atoms with Crippen LogP contribution in [-0.2, 0) is 0 Å². The lowest BCUT2D eigenvalue weighted by molar-refractivity contribution is 0.262. The predicted molar refractivity (Wildman–Crippen MR) is 112 cm³/mol. The Morgan fingerprint density at radius 3 is 2.30 bits per heavy atom. The van der Waals surface area contributed by atoms with Crippen LogP contribution in [0.3, 0.4) is 0 Å². The van der Waals surface area contributed by atoms with Gasteiger partial charge in [-0.15, -0.1) is 0 Å². The molecule has 7 nitrogen and oxygen atoms in total. The molecule has 2 rings (SSSR count). The highest BCUT2D eigenvalue weighted by Gasteiger charge is 2.04. The van der Waals surface area contributed by atoms with Gasteiger partial charge in [-0.3, -0.25) is 4.99 Å². The van der Waals surface area contributed by atoms with Crippen LogP contribution in [0.15, 0.2) is 53.5 Å². The molecule has 144 valence electrons. The number of carbonyl (C=O) groups excluding carboxylic acids is 1. The molecule has 0 fully saturated rings. The highest BCUT2D eigenvalue weighted by atomic mass is 16.5. The fourth-order valence-corrected chi connectivity index (χ4v) is 2.24. The second kappa shape index (κ2) is 10.1. The van der Waals surface area contributed by atoms with E-state index in [9.17, 15) is 4.79 Å². The number of guanidine groups is 1. The van der Waals surface area contributed by atoms with Crippen molar-refractivity contribution in [1.82, 2.24) is 0 Å². The number of ether oxygens (including phenoxy) is 1. The van der Waals surface area contributed by atoms with Crippen LogP contribution in [0.4, 0.5) is 21.9 Å². The maximum absolute atomic E-state index is 12.2. The van der Waals surface area contributed by atoms with Crippen molar-refractivity contribution in [3.8, 4) is 5.75 Å². The predicted octanol–water partition coefficient (Wildman–Crippen LogP) is 4.11. The van der Waals surface area contributed by atoms with Gasteiger partial charge in [0.05, 0.1) is 6.61 Å². The summed E-state index contributed by atoms with van der Waals surface area (Å²) < 4.78 is 5.38. The van der Waals surface area contributed by atoms with E-state index in [0.29, 0.717) is 36.4 Å². The molecule has 0 aliphatic carbocycles. The van der Waals surface area contributed by atoms with E-state index in [0.717, 1.165) is 11.4 Å². The van der Waals surface area contributed by atoms with Crippen LogP contribution in [-0.4, -0.2) is 25.1 Å². The molecular weight excluding hydrogens is 342 g/mol. The van der Waals surface area contributed by atoms with Crippen LogP contribution in [0.25, 0.3) is 0 Å². The third-order valence-electron chi connectivity index (χ3n) is 3.44. The molecule has 27 heavy (non-hydrogen) atoms. The van der Waals surface area contributed by atoms with Gasteiger partial charge in [-0.1, -0.05) is 19.9 Å². The van der Waals surface area contributed by atoms with Gasteiger partial charge in [0, 0.05) is 23.6 Å². The van der Waals surface area contributed by atoms with E-state index >= 15 is 0 Å². The van der Waals surface area contributed by atoms with E-state index in [4.69, 9.17) is 10.5 Å². The van der Waals surface area contributed by atoms with E-state index in [1.165, 1.54) is 0 Å². The zero-order chi connectivity index (χ0) is 19.6. The SMILES string of the molecule is CCOc1ccc(NC(=O)Nc2cccc(NC(N)=NCC(C)C)c2)cc1. The van der Waals surface area contributed by atoms with Gasteiger partial charge in [-0.25, -0.2) is 4.79 Å². The highest BCUT2D eigenvalue weighted by molar-refractivity contribution is 6.00. The second-order valence-electron chi connectivity index (χ2n) is 6.36. The summed E-state index contributed by atoms with van der Waals surface area (Å²) in [4.78, 5) is 16.4. The maximum Gasteiger partial charge on any atom is 0.323 e. The topological polar surface area (TPSA) is 101 Å². The number of aliphatic imine (C=N–C) groups is 1. The summed E-state index contributed by atoms with van der Waals surface area (Å²) in [5.74, 6) is 1.54. The van der Waals surface area contributed by atoms with E-state index in [1.54, 1.807) is 24.3 Å². The van der Waals surface area contributed by atoms with Crippen LogP contribution in [0.5, 0.6) is 5.75 Å². The Bertz CT molecular complexity index is 772. The highest BCUT2D eigenvalue weighted by Crippen LogP contribution is 2.17. The number of nitrogens with one attached hydrogen (secondary N) is 3. The zero-order valence-electron chi connectivity index (χ0n) is 16.0. The molecule has 2 amide bonds. The summed E-state index contributed by atoms with van der Waals surface area (Å²) >= 11 is 0. The monoisotopic (exact) mass is 369 g/mol. The Balaban J connectivity index is 1.92. The molecule has 0 saturated carbocycles. The Kier molecular flexibility index (Phi) is 7.49. The molecule has 0 aromatic heterocycles. The first kappa shape index (κ1) is 20.1. The van der Waals surface area contributed by atoms with Crippen molar-refractivity contribution in [2.45, 2.75) is 20.8 Å². The fourth-order valence-electron chi connectivity index (χ4n) is 2.24. The van der Waals surface area contributed by atoms with Crippen LogP contribution in [0, 0.1) is 5.92 Å². The van der Waals surface area contributed by atoms with Gasteiger partial charge in [0.1, 0.15) is 5.75 Å². The minimum Gasteiger partial charge on any atom is -0.494 e. The first-order chi connectivity index (χ1) is 13.0. The van der Waals surface area contributed by atoms with Crippen molar-refractivity contribution in [3.63, 3.8) is 0 Å². The van der Waals surface area contributed by atoms with Crippen molar-refractivity contribution in [2.75, 3.05) is 29.1 Å². The summed E-state index contributed by atoms with van der Waals surface area (Å²) in [7, 11) is 0. The van der Waals surface area contributed by atoms with Gasteiger partial charge in [0.15, 0.2) is 5.96 Å². The van der Waals surface area contributed by atoms with Crippen LogP contribution in [0.2, 0.25) is 0 Å². The summed E-state index contributed by atoms with van der Waals surface area (Å²) in [5.41, 5.74) is 7.93. The number of urea groups is 1. The molecule has 0 atom stereocenters. The lowest BCUT2D eigenvalue weighted by Gasteiger charge is -2.11. The lowest BCUT2D eigenvalue weighted by atomic mass is 10.2. The molecule has 0 aliphatic heterocycles. The van der Waals surface area contributed by atoms with Gasteiger partial charge in [0.2, 0.25) is 0 Å². The zero-order valence-corrected chi connectivity index (χ0v) is 16.0. The Hall–Kier alpha value is -3.22. The first-order valence-electron chi connectivity index (χ1n) is 8.94. The molecule has 0 heterocycles. The summed E-state index contributed by atoms with van der Waals surface area (Å²) in [6.45, 7) is 7.33. The van der Waals surface area contributed by atoms with Gasteiger partial charge < -0.3 is 26.4 Å². The van der Waals surface area contributed by atoms with Gasteiger partial charge in [-0.2, -0.15) is 0 Å².